The lowest BCUT2D eigenvalue weighted by molar-refractivity contribution is -0.139. The Hall–Kier alpha value is -2.44. The SMILES string of the molecule is CCOC(=O)C1=C(C)N=c2sc(=Cc3cc(Br)cc(I)c3O)c(=O)n2[C@H]1c1ccc(OCC)cc1. The third kappa shape index (κ3) is 5.10. The van der Waals surface area contributed by atoms with Gasteiger partial charge in [0.1, 0.15) is 11.5 Å². The smallest absolute Gasteiger partial charge is 0.338 e. The van der Waals surface area contributed by atoms with Crippen molar-refractivity contribution >= 4 is 61.9 Å². The number of nitrogens with zero attached hydrogens (tertiary/aromatic N) is 2. The summed E-state index contributed by atoms with van der Waals surface area (Å²) in [6, 6.07) is 10.1. The maximum atomic E-state index is 13.7. The molecule has 1 aliphatic heterocycles. The fourth-order valence-corrected chi connectivity index (χ4v) is 6.44. The Bertz CT molecular complexity index is 1510. The first-order chi connectivity index (χ1) is 16.7. The van der Waals surface area contributed by atoms with Gasteiger partial charge in [-0.2, -0.15) is 0 Å². The van der Waals surface area contributed by atoms with Crippen LogP contribution in [0.25, 0.3) is 6.08 Å². The van der Waals surface area contributed by atoms with Crippen LogP contribution in [0.1, 0.15) is 37.9 Å². The van der Waals surface area contributed by atoms with Crippen molar-refractivity contribution in [3.63, 3.8) is 0 Å². The van der Waals surface area contributed by atoms with E-state index in [9.17, 15) is 14.7 Å². The Labute approximate surface area is 227 Å². The lowest BCUT2D eigenvalue weighted by Gasteiger charge is -2.24. The van der Waals surface area contributed by atoms with Crippen molar-refractivity contribution in [2.45, 2.75) is 26.8 Å². The molecule has 2 heterocycles. The summed E-state index contributed by atoms with van der Waals surface area (Å²) >= 11 is 6.68. The van der Waals surface area contributed by atoms with E-state index in [1.165, 1.54) is 15.9 Å². The van der Waals surface area contributed by atoms with Crippen LogP contribution in [-0.2, 0) is 9.53 Å². The molecule has 0 saturated heterocycles. The monoisotopic (exact) mass is 668 g/mol. The third-order valence-electron chi connectivity index (χ3n) is 5.37. The second kappa shape index (κ2) is 10.7. The van der Waals surface area contributed by atoms with Gasteiger partial charge in [-0.3, -0.25) is 9.36 Å². The summed E-state index contributed by atoms with van der Waals surface area (Å²) in [4.78, 5) is 31.7. The third-order valence-corrected chi connectivity index (χ3v) is 7.63. The van der Waals surface area contributed by atoms with Crippen molar-refractivity contribution in [3.8, 4) is 11.5 Å². The number of carbonyl (C=O) groups is 1. The van der Waals surface area contributed by atoms with Crippen molar-refractivity contribution in [3.05, 3.63) is 86.5 Å². The summed E-state index contributed by atoms with van der Waals surface area (Å²) in [6.45, 7) is 6.12. The first-order valence-corrected chi connectivity index (χ1v) is 13.5. The molecular weight excluding hydrogens is 647 g/mol. The minimum absolute atomic E-state index is 0.0890. The van der Waals surface area contributed by atoms with Crippen molar-refractivity contribution < 1.29 is 19.4 Å². The number of rotatable bonds is 6. The molecule has 0 radical (unpaired) electrons. The van der Waals surface area contributed by atoms with Gasteiger partial charge in [0.2, 0.25) is 0 Å². The second-order valence-corrected chi connectivity index (χ2v) is 10.7. The zero-order valence-electron chi connectivity index (χ0n) is 19.2. The van der Waals surface area contributed by atoms with Crippen LogP contribution in [0.4, 0.5) is 0 Å². The van der Waals surface area contributed by atoms with Gasteiger partial charge < -0.3 is 14.6 Å². The van der Waals surface area contributed by atoms with Crippen molar-refractivity contribution in [2.75, 3.05) is 13.2 Å². The number of benzene rings is 2. The highest BCUT2D eigenvalue weighted by atomic mass is 127. The van der Waals surface area contributed by atoms with E-state index in [2.05, 4.69) is 20.9 Å². The topological polar surface area (TPSA) is 90.1 Å². The fraction of sp³-hybridized carbons (Fsp3) is 0.240. The molecule has 0 unspecified atom stereocenters. The highest BCUT2D eigenvalue weighted by Gasteiger charge is 2.33. The van der Waals surface area contributed by atoms with Crippen LogP contribution in [0.2, 0.25) is 0 Å². The van der Waals surface area contributed by atoms with Crippen LogP contribution >= 0.6 is 49.9 Å². The van der Waals surface area contributed by atoms with Gasteiger partial charge in [-0.1, -0.05) is 39.4 Å². The molecule has 1 atom stereocenters. The fourth-order valence-electron chi connectivity index (χ4n) is 3.86. The number of esters is 1. The average Bonchev–Trinajstić information content (AvgIpc) is 3.11. The summed E-state index contributed by atoms with van der Waals surface area (Å²) in [5.74, 6) is 0.272. The van der Waals surface area contributed by atoms with Crippen LogP contribution in [0.15, 0.2) is 61.9 Å². The molecule has 1 N–H and O–H groups in total. The number of hydrogen-bond acceptors (Lipinski definition) is 7. The highest BCUT2D eigenvalue weighted by Crippen LogP contribution is 2.32. The van der Waals surface area contributed by atoms with Crippen LogP contribution in [0.5, 0.6) is 11.5 Å². The average molecular weight is 669 g/mol. The van der Waals surface area contributed by atoms with Crippen LogP contribution in [-0.4, -0.2) is 28.9 Å². The van der Waals surface area contributed by atoms with Crippen molar-refractivity contribution in [1.29, 1.82) is 0 Å². The van der Waals surface area contributed by atoms with Crippen molar-refractivity contribution in [2.24, 2.45) is 4.99 Å². The Morgan fingerprint density at radius 1 is 1.26 bits per heavy atom. The maximum absolute atomic E-state index is 13.7. The van der Waals surface area contributed by atoms with Gasteiger partial charge in [-0.05, 0) is 79.3 Å². The molecule has 0 fully saturated rings. The molecule has 2 aromatic carbocycles. The molecule has 1 aromatic heterocycles. The summed E-state index contributed by atoms with van der Waals surface area (Å²) in [6.07, 6.45) is 1.64. The number of aromatic nitrogens is 1. The summed E-state index contributed by atoms with van der Waals surface area (Å²) in [7, 11) is 0. The normalized spacial score (nSPS) is 15.6. The standard InChI is InChI=1S/C25H22BrIN2O5S/c1-4-33-17-8-6-14(7-9-17)21-20(24(32)34-5-2)13(3)28-25-29(21)23(31)19(35-25)11-15-10-16(26)12-18(27)22(15)30/h6-12,21,30H,4-5H2,1-3H3/t21-/m0/s1. The van der Waals surface area contributed by atoms with Gasteiger partial charge in [-0.15, -0.1) is 0 Å². The minimum Gasteiger partial charge on any atom is -0.506 e. The van der Waals surface area contributed by atoms with Gasteiger partial charge >= 0.3 is 5.97 Å². The number of phenols is 1. The molecule has 4 rings (SSSR count). The molecule has 0 aliphatic carbocycles. The Morgan fingerprint density at radius 3 is 2.63 bits per heavy atom. The second-order valence-electron chi connectivity index (χ2n) is 7.63. The number of carbonyl (C=O) groups excluding carboxylic acids is 1. The van der Waals surface area contributed by atoms with Crippen LogP contribution in [0.3, 0.4) is 0 Å². The van der Waals surface area contributed by atoms with Crippen LogP contribution in [0, 0.1) is 3.57 Å². The molecule has 182 valence electrons. The van der Waals surface area contributed by atoms with E-state index in [1.54, 1.807) is 32.1 Å². The largest absolute Gasteiger partial charge is 0.506 e. The molecule has 35 heavy (non-hydrogen) atoms. The lowest BCUT2D eigenvalue weighted by atomic mass is 9.96. The van der Waals surface area contributed by atoms with Gasteiger partial charge in [0.05, 0.1) is 38.6 Å². The van der Waals surface area contributed by atoms with Crippen molar-refractivity contribution in [1.82, 2.24) is 4.57 Å². The lowest BCUT2D eigenvalue weighted by Crippen LogP contribution is -2.39. The van der Waals surface area contributed by atoms with E-state index >= 15 is 0 Å². The number of phenolic OH excluding ortho intramolecular Hbond substituents is 1. The number of ether oxygens (including phenoxy) is 2. The maximum Gasteiger partial charge on any atom is 0.338 e. The summed E-state index contributed by atoms with van der Waals surface area (Å²) < 4.78 is 14.2. The van der Waals surface area contributed by atoms with Gasteiger partial charge in [0.25, 0.3) is 5.56 Å². The summed E-state index contributed by atoms with van der Waals surface area (Å²) in [5.41, 5.74) is 1.74. The molecule has 10 heteroatoms. The molecule has 0 saturated carbocycles. The number of halogens is 2. The number of hydrogen-bond donors (Lipinski definition) is 1. The molecule has 0 amide bonds. The van der Waals surface area contributed by atoms with Gasteiger partial charge in [-0.25, -0.2) is 9.79 Å². The van der Waals surface area contributed by atoms with Crippen LogP contribution < -0.4 is 19.6 Å². The molecule has 3 aromatic rings. The van der Waals surface area contributed by atoms with E-state index in [0.717, 1.165) is 10.0 Å². The minimum atomic E-state index is -0.709. The van der Waals surface area contributed by atoms with E-state index in [1.807, 2.05) is 53.8 Å². The predicted octanol–water partition coefficient (Wildman–Crippen LogP) is 4.27. The molecule has 0 spiro atoms. The quantitative estimate of drug-likeness (QED) is 0.313. The molecular formula is C25H22BrIN2O5S. The molecule has 1 aliphatic rings. The predicted molar refractivity (Wildman–Crippen MR) is 147 cm³/mol. The summed E-state index contributed by atoms with van der Waals surface area (Å²) in [5, 5.41) is 10.5. The van der Waals surface area contributed by atoms with E-state index in [-0.39, 0.29) is 17.9 Å². The zero-order chi connectivity index (χ0) is 25.3. The van der Waals surface area contributed by atoms with E-state index in [0.29, 0.717) is 42.1 Å². The highest BCUT2D eigenvalue weighted by molar-refractivity contribution is 14.1. The van der Waals surface area contributed by atoms with E-state index in [4.69, 9.17) is 9.47 Å². The Kier molecular flexibility index (Phi) is 7.82. The van der Waals surface area contributed by atoms with Gasteiger partial charge in [0, 0.05) is 10.0 Å². The zero-order valence-corrected chi connectivity index (χ0v) is 23.7. The molecule has 7 nitrogen and oxygen atoms in total. The number of aromatic hydroxyl groups is 1. The number of allylic oxidation sites excluding steroid dienone is 1. The molecule has 0 bridgehead atoms. The first-order valence-electron chi connectivity index (χ1n) is 10.9. The van der Waals surface area contributed by atoms with E-state index < -0.39 is 12.0 Å². The number of fused-ring (bicyclic) bond motifs is 1. The van der Waals surface area contributed by atoms with Gasteiger partial charge in [0.15, 0.2) is 4.80 Å². The Balaban J connectivity index is 1.94. The first kappa shape index (κ1) is 25.6. The Morgan fingerprint density at radius 2 is 1.97 bits per heavy atom. The number of thiazole rings is 1.